The Bertz CT molecular complexity index is 905. The molecule has 0 unspecified atom stereocenters. The second-order valence-electron chi connectivity index (χ2n) is 7.83. The molecule has 160 valence electrons. The molecule has 0 radical (unpaired) electrons. The molecule has 0 spiro atoms. The Kier molecular flexibility index (Phi) is 6.06. The van der Waals surface area contributed by atoms with Crippen LogP contribution in [0, 0.1) is 12.7 Å². The maximum absolute atomic E-state index is 14.1. The van der Waals surface area contributed by atoms with Gasteiger partial charge in [-0.05, 0) is 26.1 Å². The van der Waals surface area contributed by atoms with Gasteiger partial charge in [-0.2, -0.15) is 4.98 Å². The molecule has 7 nitrogen and oxygen atoms in total. The highest BCUT2D eigenvalue weighted by Crippen LogP contribution is 2.23. The number of aryl methyl sites for hydroxylation is 1. The molecule has 3 heterocycles. The second kappa shape index (κ2) is 8.73. The topological polar surface area (TPSA) is 55.8 Å². The lowest BCUT2D eigenvalue weighted by Crippen LogP contribution is -2.49. The Morgan fingerprint density at radius 1 is 1.00 bits per heavy atom. The van der Waals surface area contributed by atoms with Crippen LogP contribution in [0.1, 0.15) is 16.1 Å². The summed E-state index contributed by atoms with van der Waals surface area (Å²) >= 11 is 6.06. The monoisotopic (exact) mass is 432 g/mol. The minimum atomic E-state index is -0.589. The van der Waals surface area contributed by atoms with E-state index in [0.717, 1.165) is 37.7 Å². The first-order chi connectivity index (χ1) is 14.4. The molecular formula is C21H26ClFN6O. The van der Waals surface area contributed by atoms with Crippen LogP contribution < -0.4 is 9.80 Å². The van der Waals surface area contributed by atoms with Gasteiger partial charge in [0.25, 0.3) is 5.91 Å². The summed E-state index contributed by atoms with van der Waals surface area (Å²) in [7, 11) is 2.13. The zero-order valence-corrected chi connectivity index (χ0v) is 18.1. The van der Waals surface area contributed by atoms with Gasteiger partial charge >= 0.3 is 0 Å². The van der Waals surface area contributed by atoms with Gasteiger partial charge in [0.1, 0.15) is 11.6 Å². The molecule has 1 aromatic carbocycles. The molecule has 1 amide bonds. The van der Waals surface area contributed by atoms with Crippen LogP contribution in [0.15, 0.2) is 24.3 Å². The Balaban J connectivity index is 1.45. The number of rotatable bonds is 3. The summed E-state index contributed by atoms with van der Waals surface area (Å²) < 4.78 is 14.1. The molecule has 0 N–H and O–H groups in total. The van der Waals surface area contributed by atoms with Crippen molar-refractivity contribution in [2.45, 2.75) is 6.92 Å². The molecule has 1 aromatic heterocycles. The second-order valence-corrected chi connectivity index (χ2v) is 8.24. The molecule has 0 bridgehead atoms. The van der Waals surface area contributed by atoms with Gasteiger partial charge in [0.05, 0.1) is 10.6 Å². The van der Waals surface area contributed by atoms with Crippen LogP contribution >= 0.6 is 11.6 Å². The summed E-state index contributed by atoms with van der Waals surface area (Å²) in [6.07, 6.45) is 0. The van der Waals surface area contributed by atoms with E-state index in [9.17, 15) is 9.18 Å². The number of anilines is 2. The Morgan fingerprint density at radius 3 is 2.33 bits per heavy atom. The SMILES string of the molecule is Cc1cc(N2CCN(C)CC2)nc(N2CCN(C(=O)c3c(F)cccc3Cl)CC2)n1. The van der Waals surface area contributed by atoms with Crippen molar-refractivity contribution in [3.05, 3.63) is 46.4 Å². The van der Waals surface area contributed by atoms with Crippen LogP contribution in [-0.4, -0.2) is 85.1 Å². The van der Waals surface area contributed by atoms with E-state index >= 15 is 0 Å². The van der Waals surface area contributed by atoms with E-state index in [1.807, 2.05) is 13.0 Å². The number of likely N-dealkylation sites (N-methyl/N-ethyl adjacent to an activating group) is 1. The molecular weight excluding hydrogens is 407 g/mol. The van der Waals surface area contributed by atoms with E-state index in [1.54, 1.807) is 4.90 Å². The standard InChI is InChI=1S/C21H26ClFN6O/c1-15-14-18(27-8-6-26(2)7-9-27)25-21(24-15)29-12-10-28(11-13-29)20(30)19-16(22)4-3-5-17(19)23/h3-5,14H,6-13H2,1-2H3. The third-order valence-electron chi connectivity index (χ3n) is 5.68. The third-order valence-corrected chi connectivity index (χ3v) is 6.00. The van der Waals surface area contributed by atoms with E-state index in [-0.39, 0.29) is 16.5 Å². The summed E-state index contributed by atoms with van der Waals surface area (Å²) in [5, 5.41) is 0.140. The lowest BCUT2D eigenvalue weighted by molar-refractivity contribution is 0.0741. The molecule has 30 heavy (non-hydrogen) atoms. The fourth-order valence-corrected chi connectivity index (χ4v) is 4.09. The number of amides is 1. The summed E-state index contributed by atoms with van der Waals surface area (Å²) in [4.78, 5) is 30.5. The number of hydrogen-bond acceptors (Lipinski definition) is 6. The Hall–Kier alpha value is -2.45. The number of piperazine rings is 2. The third kappa shape index (κ3) is 4.34. The van der Waals surface area contributed by atoms with E-state index < -0.39 is 5.82 Å². The molecule has 2 aliphatic rings. The highest BCUT2D eigenvalue weighted by molar-refractivity contribution is 6.33. The average molecular weight is 433 g/mol. The molecule has 0 saturated carbocycles. The van der Waals surface area contributed by atoms with Crippen LogP contribution in [-0.2, 0) is 0 Å². The van der Waals surface area contributed by atoms with Crippen LogP contribution in [0.25, 0.3) is 0 Å². The van der Waals surface area contributed by atoms with Gasteiger partial charge < -0.3 is 19.6 Å². The van der Waals surface area contributed by atoms with E-state index in [2.05, 4.69) is 26.7 Å². The predicted octanol–water partition coefficient (Wildman–Crippen LogP) is 2.29. The number of carbonyl (C=O) groups is 1. The molecule has 2 aromatic rings. The zero-order valence-electron chi connectivity index (χ0n) is 17.3. The molecule has 2 aliphatic heterocycles. The van der Waals surface area contributed by atoms with Crippen LogP contribution in [0.2, 0.25) is 5.02 Å². The van der Waals surface area contributed by atoms with Gasteiger partial charge in [-0.15, -0.1) is 0 Å². The van der Waals surface area contributed by atoms with Crippen molar-refractivity contribution >= 4 is 29.3 Å². The average Bonchev–Trinajstić information content (AvgIpc) is 2.74. The first-order valence-corrected chi connectivity index (χ1v) is 10.6. The maximum Gasteiger partial charge on any atom is 0.258 e. The first-order valence-electron chi connectivity index (χ1n) is 10.2. The molecule has 2 fully saturated rings. The highest BCUT2D eigenvalue weighted by atomic mass is 35.5. The lowest BCUT2D eigenvalue weighted by atomic mass is 10.1. The molecule has 9 heteroatoms. The number of aromatic nitrogens is 2. The highest BCUT2D eigenvalue weighted by Gasteiger charge is 2.27. The summed E-state index contributed by atoms with van der Waals surface area (Å²) in [6, 6.07) is 6.32. The van der Waals surface area contributed by atoms with Crippen molar-refractivity contribution in [2.24, 2.45) is 0 Å². The van der Waals surface area contributed by atoms with Crippen molar-refractivity contribution < 1.29 is 9.18 Å². The summed E-state index contributed by atoms with van der Waals surface area (Å²) in [5.74, 6) is 0.664. The molecule has 0 aliphatic carbocycles. The van der Waals surface area contributed by atoms with Crippen molar-refractivity contribution in [1.82, 2.24) is 19.8 Å². The minimum Gasteiger partial charge on any atom is -0.354 e. The molecule has 4 rings (SSSR count). The molecule has 2 saturated heterocycles. The summed E-state index contributed by atoms with van der Waals surface area (Å²) in [6.45, 7) is 7.98. The van der Waals surface area contributed by atoms with Gasteiger partial charge in [-0.25, -0.2) is 9.37 Å². The van der Waals surface area contributed by atoms with Crippen molar-refractivity contribution in [3.8, 4) is 0 Å². The Morgan fingerprint density at radius 2 is 1.67 bits per heavy atom. The minimum absolute atomic E-state index is 0.0585. The largest absolute Gasteiger partial charge is 0.354 e. The number of carbonyl (C=O) groups excluding carboxylic acids is 1. The zero-order chi connectivity index (χ0) is 21.3. The van der Waals surface area contributed by atoms with Crippen molar-refractivity contribution in [1.29, 1.82) is 0 Å². The van der Waals surface area contributed by atoms with Crippen molar-refractivity contribution in [3.63, 3.8) is 0 Å². The van der Waals surface area contributed by atoms with Gasteiger partial charge in [-0.3, -0.25) is 4.79 Å². The lowest BCUT2D eigenvalue weighted by Gasteiger charge is -2.36. The normalized spacial score (nSPS) is 18.1. The number of benzene rings is 1. The first kappa shape index (κ1) is 20.8. The van der Waals surface area contributed by atoms with Crippen LogP contribution in [0.3, 0.4) is 0 Å². The van der Waals surface area contributed by atoms with E-state index in [0.29, 0.717) is 32.1 Å². The van der Waals surface area contributed by atoms with Gasteiger partial charge in [-0.1, -0.05) is 17.7 Å². The summed E-state index contributed by atoms with van der Waals surface area (Å²) in [5.41, 5.74) is 0.863. The van der Waals surface area contributed by atoms with Gasteiger partial charge in [0.2, 0.25) is 5.95 Å². The van der Waals surface area contributed by atoms with Gasteiger partial charge in [0, 0.05) is 64.1 Å². The van der Waals surface area contributed by atoms with Crippen LogP contribution in [0.5, 0.6) is 0 Å². The van der Waals surface area contributed by atoms with Crippen LogP contribution in [0.4, 0.5) is 16.2 Å². The predicted molar refractivity (Wildman–Crippen MR) is 116 cm³/mol. The fraction of sp³-hybridized carbons (Fsp3) is 0.476. The smallest absolute Gasteiger partial charge is 0.258 e. The number of halogens is 2. The number of hydrogen-bond donors (Lipinski definition) is 0. The van der Waals surface area contributed by atoms with E-state index in [1.165, 1.54) is 18.2 Å². The Labute approximate surface area is 181 Å². The maximum atomic E-state index is 14.1. The fourth-order valence-electron chi connectivity index (χ4n) is 3.85. The molecule has 0 atom stereocenters. The van der Waals surface area contributed by atoms with Gasteiger partial charge in [0.15, 0.2) is 0 Å². The quantitative estimate of drug-likeness (QED) is 0.741. The van der Waals surface area contributed by atoms with Crippen molar-refractivity contribution in [2.75, 3.05) is 69.2 Å². The van der Waals surface area contributed by atoms with E-state index in [4.69, 9.17) is 16.6 Å². The number of nitrogens with zero attached hydrogens (tertiary/aromatic N) is 6.